The Balaban J connectivity index is 2.28. The van der Waals surface area contributed by atoms with E-state index in [1.54, 1.807) is 0 Å². The highest BCUT2D eigenvalue weighted by Gasteiger charge is 2.41. The van der Waals surface area contributed by atoms with Crippen molar-refractivity contribution < 1.29 is 19.9 Å². The van der Waals surface area contributed by atoms with Gasteiger partial charge in [-0.2, -0.15) is 4.57 Å². The van der Waals surface area contributed by atoms with Crippen LogP contribution in [0.2, 0.25) is 0 Å². The van der Waals surface area contributed by atoms with Crippen molar-refractivity contribution in [2.24, 2.45) is 0 Å². The van der Waals surface area contributed by atoms with Gasteiger partial charge in [-0.1, -0.05) is 27.6 Å². The Morgan fingerprint density at radius 1 is 1.59 bits per heavy atom. The van der Waals surface area contributed by atoms with Gasteiger partial charge in [0.25, 0.3) is 0 Å². The van der Waals surface area contributed by atoms with E-state index < -0.39 is 29.3 Å². The summed E-state index contributed by atoms with van der Waals surface area (Å²) in [7, 11) is 0. The number of imidazole rings is 1. The second-order valence-electron chi connectivity index (χ2n) is 3.61. The third-order valence-electron chi connectivity index (χ3n) is 2.52. The standard InChI is InChI=1S/C8H10IN3O5/c9-4-3-17-7(6(14)5(4)13)11-2-1-10-8(11)12(15)16/h1-2,4-7,13-14H,3H2/t4-,5+,6-,7-/m0/s1/i9-2. The van der Waals surface area contributed by atoms with Crippen molar-refractivity contribution in [3.8, 4) is 0 Å². The van der Waals surface area contributed by atoms with Gasteiger partial charge in [0.1, 0.15) is 18.5 Å². The zero-order valence-corrected chi connectivity index (χ0v) is 10.7. The molecule has 9 heteroatoms. The molecular formula is C8H10IN3O5. The average molecular weight is 353 g/mol. The molecule has 0 bridgehead atoms. The second-order valence-corrected chi connectivity index (χ2v) is 5.21. The lowest BCUT2D eigenvalue weighted by Gasteiger charge is -2.33. The van der Waals surface area contributed by atoms with Crippen LogP contribution >= 0.6 is 22.6 Å². The summed E-state index contributed by atoms with van der Waals surface area (Å²) in [5.74, 6) is -0.423. The van der Waals surface area contributed by atoms with Crippen molar-refractivity contribution in [2.75, 3.05) is 6.61 Å². The van der Waals surface area contributed by atoms with Gasteiger partial charge < -0.3 is 25.1 Å². The van der Waals surface area contributed by atoms with Crippen molar-refractivity contribution >= 4 is 28.5 Å². The first-order chi connectivity index (χ1) is 8.02. The Labute approximate surface area is 110 Å². The largest absolute Gasteiger partial charge is 0.436 e. The first-order valence-corrected chi connectivity index (χ1v) is 6.06. The van der Waals surface area contributed by atoms with Gasteiger partial charge in [0.2, 0.25) is 6.23 Å². The molecule has 0 unspecified atom stereocenters. The van der Waals surface area contributed by atoms with Crippen LogP contribution in [0, 0.1) is 10.1 Å². The summed E-state index contributed by atoms with van der Waals surface area (Å²) in [6, 6.07) is 0. The van der Waals surface area contributed by atoms with Gasteiger partial charge in [-0.15, -0.1) is 0 Å². The molecule has 17 heavy (non-hydrogen) atoms. The number of alkyl halides is 1. The highest BCUT2D eigenvalue weighted by molar-refractivity contribution is 14.1. The predicted octanol–water partition coefficient (Wildman–Crippen LogP) is -0.155. The number of nitrogens with zero attached hydrogens (tertiary/aromatic N) is 3. The lowest BCUT2D eigenvalue weighted by molar-refractivity contribution is -0.399. The SMILES string of the molecule is O=[N+]([O-])c1nccn1[C@H]1OC[C@H]([125I])[C@@H](O)[C@@H]1O. The number of aliphatic hydroxyl groups is 2. The average Bonchev–Trinajstić information content (AvgIpc) is 2.75. The minimum atomic E-state index is -1.22. The highest BCUT2D eigenvalue weighted by atomic mass is 125. The van der Waals surface area contributed by atoms with Crippen LogP contribution in [0.5, 0.6) is 0 Å². The normalized spacial score (nSPS) is 33.6. The van der Waals surface area contributed by atoms with Crippen LogP contribution in [-0.2, 0) is 4.74 Å². The van der Waals surface area contributed by atoms with Crippen LogP contribution in [0.15, 0.2) is 12.4 Å². The van der Waals surface area contributed by atoms with E-state index in [0.717, 1.165) is 4.57 Å². The molecule has 0 aliphatic carbocycles. The smallest absolute Gasteiger partial charge is 0.390 e. The molecule has 2 heterocycles. The maximum atomic E-state index is 10.7. The van der Waals surface area contributed by atoms with Crippen molar-refractivity contribution in [2.45, 2.75) is 22.4 Å². The van der Waals surface area contributed by atoms with E-state index in [1.807, 2.05) is 22.6 Å². The van der Waals surface area contributed by atoms with Gasteiger partial charge in [0, 0.05) is 0 Å². The molecule has 1 saturated heterocycles. The van der Waals surface area contributed by atoms with Crippen LogP contribution in [0.25, 0.3) is 0 Å². The summed E-state index contributed by atoms with van der Waals surface area (Å²) < 4.78 is 6.17. The molecule has 94 valence electrons. The number of rotatable bonds is 2. The maximum absolute atomic E-state index is 10.7. The molecule has 4 atom stereocenters. The number of hydrogen-bond acceptors (Lipinski definition) is 6. The van der Waals surface area contributed by atoms with Gasteiger partial charge in [-0.3, -0.25) is 0 Å². The van der Waals surface area contributed by atoms with E-state index in [2.05, 4.69) is 4.98 Å². The van der Waals surface area contributed by atoms with E-state index in [4.69, 9.17) is 4.74 Å². The third kappa shape index (κ3) is 2.27. The summed E-state index contributed by atoms with van der Waals surface area (Å²) in [6.45, 7) is 0.207. The van der Waals surface area contributed by atoms with Gasteiger partial charge in [-0.05, 0) is 4.92 Å². The number of hydrogen-bond donors (Lipinski definition) is 2. The molecule has 1 aromatic heterocycles. The summed E-state index contributed by atoms with van der Waals surface area (Å²) in [4.78, 5) is 13.6. The van der Waals surface area contributed by atoms with Crippen LogP contribution in [0.4, 0.5) is 5.95 Å². The van der Waals surface area contributed by atoms with Crippen LogP contribution in [0.3, 0.4) is 0 Å². The van der Waals surface area contributed by atoms with Crippen molar-refractivity contribution in [1.82, 2.24) is 9.55 Å². The van der Waals surface area contributed by atoms with Gasteiger partial charge in [0.15, 0.2) is 0 Å². The Hall–Kier alpha value is -0.780. The molecule has 1 aliphatic heterocycles. The lowest BCUT2D eigenvalue weighted by atomic mass is 10.1. The molecule has 8 nitrogen and oxygen atoms in total. The molecule has 0 saturated carbocycles. The Kier molecular flexibility index (Phi) is 3.61. The molecule has 1 aliphatic rings. The van der Waals surface area contributed by atoms with E-state index >= 15 is 0 Å². The Bertz CT molecular complexity index is 425. The summed E-state index contributed by atoms with van der Waals surface area (Å²) in [5.41, 5.74) is 0. The molecular weight excluding hydrogens is 343 g/mol. The highest BCUT2D eigenvalue weighted by Crippen LogP contribution is 2.30. The summed E-state index contributed by atoms with van der Waals surface area (Å²) in [5, 5.41) is 30.2. The molecule has 0 aromatic carbocycles. The number of aromatic nitrogens is 2. The Morgan fingerprint density at radius 2 is 2.29 bits per heavy atom. The molecule has 0 radical (unpaired) electrons. The van der Waals surface area contributed by atoms with E-state index in [-0.39, 0.29) is 10.5 Å². The topological polar surface area (TPSA) is 111 Å². The second kappa shape index (κ2) is 4.84. The van der Waals surface area contributed by atoms with Crippen LogP contribution < -0.4 is 0 Å². The van der Waals surface area contributed by atoms with Gasteiger partial charge in [0.05, 0.1) is 16.6 Å². The zero-order valence-electron chi connectivity index (χ0n) is 8.51. The number of halogens is 1. The van der Waals surface area contributed by atoms with Crippen molar-refractivity contribution in [3.63, 3.8) is 0 Å². The summed E-state index contributed by atoms with van der Waals surface area (Å²) in [6.07, 6.45) is -0.614. The van der Waals surface area contributed by atoms with Gasteiger partial charge in [-0.25, -0.2) is 0 Å². The quantitative estimate of drug-likeness (QED) is 0.331. The van der Waals surface area contributed by atoms with Crippen LogP contribution in [-0.4, -0.2) is 47.4 Å². The fourth-order valence-electron chi connectivity index (χ4n) is 1.66. The maximum Gasteiger partial charge on any atom is 0.436 e. The predicted molar refractivity (Wildman–Crippen MR) is 63.7 cm³/mol. The van der Waals surface area contributed by atoms with Gasteiger partial charge >= 0.3 is 5.95 Å². The zero-order chi connectivity index (χ0) is 12.6. The number of aliphatic hydroxyl groups excluding tert-OH is 2. The molecule has 1 fully saturated rings. The Morgan fingerprint density at radius 3 is 2.94 bits per heavy atom. The number of ether oxygens (including phenoxy) is 1. The van der Waals surface area contributed by atoms with E-state index in [1.165, 1.54) is 12.4 Å². The molecule has 2 rings (SSSR count). The van der Waals surface area contributed by atoms with Crippen molar-refractivity contribution in [3.05, 3.63) is 22.5 Å². The van der Waals surface area contributed by atoms with Crippen molar-refractivity contribution in [1.29, 1.82) is 0 Å². The van der Waals surface area contributed by atoms with E-state index in [0.29, 0.717) is 0 Å². The molecule has 1 aromatic rings. The monoisotopic (exact) mass is 353 g/mol. The molecule has 0 spiro atoms. The minimum Gasteiger partial charge on any atom is -0.390 e. The summed E-state index contributed by atoms with van der Waals surface area (Å²) >= 11 is 1.95. The third-order valence-corrected chi connectivity index (χ3v) is 3.62. The minimum absolute atomic E-state index is 0.207. The fourth-order valence-corrected chi connectivity index (χ4v) is 2.29. The lowest BCUT2D eigenvalue weighted by Crippen LogP contribution is -2.48. The van der Waals surface area contributed by atoms with E-state index in [9.17, 15) is 20.3 Å². The van der Waals surface area contributed by atoms with Crippen LogP contribution in [0.1, 0.15) is 6.23 Å². The first kappa shape index (κ1) is 12.7. The fraction of sp³-hybridized carbons (Fsp3) is 0.625. The molecule has 0 amide bonds. The molecule has 2 N–H and O–H groups in total. The number of nitro groups is 1. The first-order valence-electron chi connectivity index (χ1n) is 4.81.